The molecule has 1 aromatic rings. The number of esters is 1. The Bertz CT molecular complexity index is 511. The van der Waals surface area contributed by atoms with Gasteiger partial charge in [0.25, 0.3) is 0 Å². The second-order valence-electron chi connectivity index (χ2n) is 3.59. The van der Waals surface area contributed by atoms with Gasteiger partial charge in [-0.2, -0.15) is 0 Å². The van der Waals surface area contributed by atoms with E-state index < -0.39 is 16.6 Å². The normalized spacial score (nSPS) is 9.79. The third-order valence-electron chi connectivity index (χ3n) is 2.35. The number of benzene rings is 1. The predicted molar refractivity (Wildman–Crippen MR) is 65.4 cm³/mol. The summed E-state index contributed by atoms with van der Waals surface area (Å²) in [6, 6.07) is 2.63. The summed E-state index contributed by atoms with van der Waals surface area (Å²) in [6.07, 6.45) is 0.276. The first kappa shape index (κ1) is 14.6. The number of nitrogens with zero attached hydrogens (tertiary/aromatic N) is 1. The van der Waals surface area contributed by atoms with Crippen molar-refractivity contribution in [2.45, 2.75) is 13.3 Å². The molecule has 0 radical (unpaired) electrons. The molecule has 0 spiro atoms. The van der Waals surface area contributed by atoms with E-state index in [1.165, 1.54) is 19.2 Å². The Hall–Kier alpha value is -2.44. The van der Waals surface area contributed by atoms with E-state index in [-0.39, 0.29) is 24.3 Å². The minimum absolute atomic E-state index is 0.0612. The molecular weight excluding hydrogens is 254 g/mol. The molecule has 0 aliphatic carbocycles. The molecule has 102 valence electrons. The van der Waals surface area contributed by atoms with Crippen molar-refractivity contribution < 1.29 is 24.0 Å². The fraction of sp³-hybridized carbons (Fsp3) is 0.333. The summed E-state index contributed by atoms with van der Waals surface area (Å²) in [5, 5.41) is 10.9. The largest absolute Gasteiger partial charge is 0.490 e. The van der Waals surface area contributed by atoms with Crippen molar-refractivity contribution in [3.8, 4) is 5.75 Å². The Balaban J connectivity index is 3.19. The van der Waals surface area contributed by atoms with Crippen molar-refractivity contribution >= 4 is 17.9 Å². The number of methoxy groups -OCH3 is 1. The van der Waals surface area contributed by atoms with Crippen molar-refractivity contribution in [2.24, 2.45) is 0 Å². The van der Waals surface area contributed by atoms with Crippen LogP contribution in [0.3, 0.4) is 0 Å². The molecule has 0 aromatic heterocycles. The highest BCUT2D eigenvalue weighted by molar-refractivity contribution is 5.85. The quantitative estimate of drug-likeness (QED) is 0.335. The zero-order chi connectivity index (χ0) is 14.4. The van der Waals surface area contributed by atoms with Gasteiger partial charge in [0.2, 0.25) is 0 Å². The fourth-order valence-electron chi connectivity index (χ4n) is 1.61. The second-order valence-corrected chi connectivity index (χ2v) is 3.59. The molecule has 19 heavy (non-hydrogen) atoms. The van der Waals surface area contributed by atoms with Gasteiger partial charge < -0.3 is 9.47 Å². The molecule has 0 aliphatic rings. The SMILES string of the molecule is CCOC(=O)Cc1cc(C=O)c([N+](=O)[O-])c(OC)c1. The molecule has 7 nitrogen and oxygen atoms in total. The van der Waals surface area contributed by atoms with Crippen LogP contribution in [-0.4, -0.2) is 30.9 Å². The van der Waals surface area contributed by atoms with E-state index in [0.717, 1.165) is 0 Å². The van der Waals surface area contributed by atoms with E-state index in [9.17, 15) is 19.7 Å². The first-order valence-corrected chi connectivity index (χ1v) is 5.49. The monoisotopic (exact) mass is 267 g/mol. The summed E-state index contributed by atoms with van der Waals surface area (Å²) in [5.74, 6) is -0.538. The molecule has 0 N–H and O–H groups in total. The predicted octanol–water partition coefficient (Wildman–Crippen LogP) is 1.52. The van der Waals surface area contributed by atoms with Gasteiger partial charge in [-0.15, -0.1) is 0 Å². The van der Waals surface area contributed by atoms with Gasteiger partial charge in [0.15, 0.2) is 12.0 Å². The lowest BCUT2D eigenvalue weighted by Crippen LogP contribution is -2.09. The van der Waals surface area contributed by atoms with Crippen LogP contribution in [0, 0.1) is 10.1 Å². The summed E-state index contributed by atoms with van der Waals surface area (Å²) in [7, 11) is 1.26. The first-order valence-electron chi connectivity index (χ1n) is 5.49. The molecule has 0 saturated heterocycles. The smallest absolute Gasteiger partial charge is 0.321 e. The van der Waals surface area contributed by atoms with Gasteiger partial charge in [0, 0.05) is 0 Å². The highest BCUT2D eigenvalue weighted by atomic mass is 16.6. The highest BCUT2D eigenvalue weighted by Crippen LogP contribution is 2.31. The maximum atomic E-state index is 11.3. The number of hydrogen-bond donors (Lipinski definition) is 0. The molecule has 7 heteroatoms. The molecule has 0 heterocycles. The Morgan fingerprint density at radius 2 is 2.16 bits per heavy atom. The van der Waals surface area contributed by atoms with Crippen LogP contribution in [0.4, 0.5) is 5.69 Å². The molecule has 1 aromatic carbocycles. The number of nitro groups is 1. The van der Waals surface area contributed by atoms with Crippen LogP contribution >= 0.6 is 0 Å². The van der Waals surface area contributed by atoms with Crippen molar-refractivity contribution in [3.05, 3.63) is 33.4 Å². The maximum Gasteiger partial charge on any atom is 0.321 e. The molecule has 0 atom stereocenters. The summed E-state index contributed by atoms with van der Waals surface area (Å²) in [5.41, 5.74) is -0.128. The fourth-order valence-corrected chi connectivity index (χ4v) is 1.61. The van der Waals surface area contributed by atoms with Gasteiger partial charge >= 0.3 is 11.7 Å². The Labute approximate surface area is 109 Å². The van der Waals surface area contributed by atoms with Crippen LogP contribution in [0.25, 0.3) is 0 Å². The van der Waals surface area contributed by atoms with Crippen LogP contribution < -0.4 is 4.74 Å². The van der Waals surface area contributed by atoms with Gasteiger partial charge in [0.05, 0.1) is 30.6 Å². The van der Waals surface area contributed by atoms with Gasteiger partial charge in [-0.05, 0) is 24.6 Å². The van der Waals surface area contributed by atoms with E-state index in [1.54, 1.807) is 6.92 Å². The lowest BCUT2D eigenvalue weighted by atomic mass is 10.1. The van der Waals surface area contributed by atoms with Gasteiger partial charge in [-0.3, -0.25) is 19.7 Å². The number of hydrogen-bond acceptors (Lipinski definition) is 6. The van der Waals surface area contributed by atoms with E-state index in [2.05, 4.69) is 0 Å². The van der Waals surface area contributed by atoms with Crippen molar-refractivity contribution in [2.75, 3.05) is 13.7 Å². The second kappa shape index (κ2) is 6.48. The van der Waals surface area contributed by atoms with E-state index >= 15 is 0 Å². The number of nitro benzene ring substituents is 1. The molecule has 0 unspecified atom stereocenters. The zero-order valence-corrected chi connectivity index (χ0v) is 10.5. The number of aldehydes is 1. The number of carbonyl (C=O) groups excluding carboxylic acids is 2. The summed E-state index contributed by atoms with van der Waals surface area (Å²) in [4.78, 5) is 32.4. The van der Waals surface area contributed by atoms with Crippen molar-refractivity contribution in [1.29, 1.82) is 0 Å². The lowest BCUT2D eigenvalue weighted by molar-refractivity contribution is -0.386. The van der Waals surface area contributed by atoms with Crippen LogP contribution in [0.1, 0.15) is 22.8 Å². The van der Waals surface area contributed by atoms with Gasteiger partial charge in [0.1, 0.15) is 0 Å². The summed E-state index contributed by atoms with van der Waals surface area (Å²) in [6.45, 7) is 1.91. The molecular formula is C12H13NO6. The van der Waals surface area contributed by atoms with Crippen LogP contribution in [0.5, 0.6) is 5.75 Å². The zero-order valence-electron chi connectivity index (χ0n) is 10.5. The standard InChI is InChI=1S/C12H13NO6/c1-3-19-11(15)6-8-4-9(7-14)12(13(16)17)10(5-8)18-2/h4-5,7H,3,6H2,1-2H3. The van der Waals surface area contributed by atoms with Gasteiger partial charge in [-0.1, -0.05) is 0 Å². The molecule has 0 saturated carbocycles. The topological polar surface area (TPSA) is 95.7 Å². The molecule has 0 aliphatic heterocycles. The lowest BCUT2D eigenvalue weighted by Gasteiger charge is -2.07. The van der Waals surface area contributed by atoms with E-state index in [1.807, 2.05) is 0 Å². The average molecular weight is 267 g/mol. The number of rotatable bonds is 6. The molecule has 0 bridgehead atoms. The Kier molecular flexibility index (Phi) is 4.99. The number of ether oxygens (including phenoxy) is 2. The van der Waals surface area contributed by atoms with Crippen LogP contribution in [0.15, 0.2) is 12.1 Å². The summed E-state index contributed by atoms with van der Waals surface area (Å²) < 4.78 is 9.65. The highest BCUT2D eigenvalue weighted by Gasteiger charge is 2.22. The number of carbonyl (C=O) groups is 2. The Morgan fingerprint density at radius 1 is 1.47 bits per heavy atom. The molecule has 1 rings (SSSR count). The van der Waals surface area contributed by atoms with E-state index in [0.29, 0.717) is 11.8 Å². The third-order valence-corrected chi connectivity index (χ3v) is 2.35. The van der Waals surface area contributed by atoms with Gasteiger partial charge in [-0.25, -0.2) is 0 Å². The molecule has 0 fully saturated rings. The van der Waals surface area contributed by atoms with Crippen molar-refractivity contribution in [1.82, 2.24) is 0 Å². The van der Waals surface area contributed by atoms with Crippen LogP contribution in [0.2, 0.25) is 0 Å². The minimum atomic E-state index is -0.698. The van der Waals surface area contributed by atoms with Crippen molar-refractivity contribution in [3.63, 3.8) is 0 Å². The molecule has 0 amide bonds. The Morgan fingerprint density at radius 3 is 2.63 bits per heavy atom. The maximum absolute atomic E-state index is 11.3. The van der Waals surface area contributed by atoms with E-state index in [4.69, 9.17) is 9.47 Å². The summed E-state index contributed by atoms with van der Waals surface area (Å²) >= 11 is 0. The minimum Gasteiger partial charge on any atom is -0.490 e. The third kappa shape index (κ3) is 3.51. The van der Waals surface area contributed by atoms with Crippen LogP contribution in [-0.2, 0) is 16.0 Å². The average Bonchev–Trinajstić information content (AvgIpc) is 2.37. The first-order chi connectivity index (χ1) is 9.03.